The molecule has 0 radical (unpaired) electrons. The molecule has 0 amide bonds. The first-order valence-electron chi connectivity index (χ1n) is 8.93. The van der Waals surface area contributed by atoms with Crippen LogP contribution in [0.2, 0.25) is 0 Å². The maximum Gasteiger partial charge on any atom is -0.0324 e. The van der Waals surface area contributed by atoms with Gasteiger partial charge in [0.25, 0.3) is 0 Å². The molecule has 0 aromatic carbocycles. The van der Waals surface area contributed by atoms with Crippen LogP contribution < -0.4 is 0 Å². The quantitative estimate of drug-likeness (QED) is 0.535. The SMILES string of the molecule is C1CCC2C(C1)CCC1CCC3CCCCC3C12. The molecule has 4 unspecified atom stereocenters. The standard InChI is InChI=1S/C18H30/c1-3-7-16-13(5-1)9-11-15-12-10-14-6-2-4-8-17(14)18(15)16/h13-18H,1-12H2. The van der Waals surface area contributed by atoms with E-state index in [2.05, 4.69) is 0 Å². The number of hydrogen-bond acceptors (Lipinski definition) is 0. The fourth-order valence-corrected chi connectivity index (χ4v) is 6.61. The van der Waals surface area contributed by atoms with E-state index in [0.29, 0.717) is 0 Å². The monoisotopic (exact) mass is 246 g/mol. The van der Waals surface area contributed by atoms with E-state index in [0.717, 1.165) is 17.8 Å². The Morgan fingerprint density at radius 2 is 0.833 bits per heavy atom. The maximum absolute atomic E-state index is 1.61. The van der Waals surface area contributed by atoms with Crippen LogP contribution in [0.1, 0.15) is 77.0 Å². The summed E-state index contributed by atoms with van der Waals surface area (Å²) in [5.41, 5.74) is 0. The lowest BCUT2D eigenvalue weighted by molar-refractivity contribution is -0.0501. The van der Waals surface area contributed by atoms with Crippen LogP contribution in [0, 0.1) is 35.5 Å². The van der Waals surface area contributed by atoms with Gasteiger partial charge in [-0.1, -0.05) is 38.5 Å². The van der Waals surface area contributed by atoms with Crippen molar-refractivity contribution in [2.24, 2.45) is 35.5 Å². The zero-order chi connectivity index (χ0) is 11.9. The normalized spacial score (nSPS) is 52.0. The molecular weight excluding hydrogens is 216 g/mol. The van der Waals surface area contributed by atoms with Crippen LogP contribution in [-0.4, -0.2) is 0 Å². The highest BCUT2D eigenvalue weighted by atomic mass is 14.5. The average molecular weight is 246 g/mol. The van der Waals surface area contributed by atoms with Gasteiger partial charge >= 0.3 is 0 Å². The lowest BCUT2D eigenvalue weighted by Crippen LogP contribution is -2.46. The van der Waals surface area contributed by atoms with Crippen molar-refractivity contribution < 1.29 is 0 Å². The van der Waals surface area contributed by atoms with E-state index in [-0.39, 0.29) is 0 Å². The third-order valence-corrected chi connectivity index (χ3v) is 7.29. The van der Waals surface area contributed by atoms with Crippen LogP contribution in [0.5, 0.6) is 0 Å². The van der Waals surface area contributed by atoms with Crippen LogP contribution in [0.3, 0.4) is 0 Å². The summed E-state index contributed by atoms with van der Waals surface area (Å²) in [6, 6.07) is 0. The molecule has 4 rings (SSSR count). The van der Waals surface area contributed by atoms with Crippen molar-refractivity contribution in [3.8, 4) is 0 Å². The molecule has 4 aliphatic rings. The fourth-order valence-electron chi connectivity index (χ4n) is 6.61. The molecule has 4 saturated carbocycles. The molecule has 102 valence electrons. The number of hydrogen-bond donors (Lipinski definition) is 0. The molecule has 0 aliphatic heterocycles. The van der Waals surface area contributed by atoms with Crippen LogP contribution in [0.15, 0.2) is 0 Å². The zero-order valence-electron chi connectivity index (χ0n) is 11.9. The van der Waals surface area contributed by atoms with Crippen molar-refractivity contribution in [3.63, 3.8) is 0 Å². The Balaban J connectivity index is 1.59. The van der Waals surface area contributed by atoms with Crippen LogP contribution >= 0.6 is 0 Å². The molecule has 0 aromatic heterocycles. The first-order valence-corrected chi connectivity index (χ1v) is 8.93. The third-order valence-electron chi connectivity index (χ3n) is 7.29. The summed E-state index contributed by atoms with van der Waals surface area (Å²) in [6.45, 7) is 0. The van der Waals surface area contributed by atoms with Gasteiger partial charge in [-0.2, -0.15) is 0 Å². The Labute approximate surface area is 113 Å². The molecule has 0 heterocycles. The van der Waals surface area contributed by atoms with Gasteiger partial charge in [0.2, 0.25) is 0 Å². The smallest absolute Gasteiger partial charge is 0.0324 e. The predicted molar refractivity (Wildman–Crippen MR) is 76.3 cm³/mol. The molecule has 0 nitrogen and oxygen atoms in total. The van der Waals surface area contributed by atoms with Gasteiger partial charge in [0.05, 0.1) is 0 Å². The van der Waals surface area contributed by atoms with E-state index in [1.807, 2.05) is 0 Å². The second-order valence-corrected chi connectivity index (χ2v) is 7.91. The number of rotatable bonds is 0. The maximum atomic E-state index is 1.61. The zero-order valence-corrected chi connectivity index (χ0v) is 11.9. The number of fused-ring (bicyclic) bond motifs is 5. The summed E-state index contributed by atoms with van der Waals surface area (Å²) in [4.78, 5) is 0. The van der Waals surface area contributed by atoms with Gasteiger partial charge in [-0.3, -0.25) is 0 Å². The second-order valence-electron chi connectivity index (χ2n) is 7.91. The second kappa shape index (κ2) is 4.84. The highest BCUT2D eigenvalue weighted by Crippen LogP contribution is 2.57. The molecular formula is C18H30. The minimum atomic E-state index is 1.15. The minimum Gasteiger partial charge on any atom is -0.0530 e. The van der Waals surface area contributed by atoms with E-state index in [9.17, 15) is 0 Å². The van der Waals surface area contributed by atoms with E-state index < -0.39 is 0 Å². The van der Waals surface area contributed by atoms with Crippen molar-refractivity contribution in [3.05, 3.63) is 0 Å². The topological polar surface area (TPSA) is 0 Å². The molecule has 18 heavy (non-hydrogen) atoms. The molecule has 4 atom stereocenters. The Hall–Kier alpha value is 0. The van der Waals surface area contributed by atoms with Gasteiger partial charge in [0.1, 0.15) is 0 Å². The molecule has 0 aromatic rings. The van der Waals surface area contributed by atoms with Gasteiger partial charge < -0.3 is 0 Å². The van der Waals surface area contributed by atoms with Gasteiger partial charge in [-0.15, -0.1) is 0 Å². The summed E-state index contributed by atoms with van der Waals surface area (Å²) >= 11 is 0. The Morgan fingerprint density at radius 1 is 0.389 bits per heavy atom. The Kier molecular flexibility index (Phi) is 3.17. The predicted octanol–water partition coefficient (Wildman–Crippen LogP) is 5.42. The van der Waals surface area contributed by atoms with Crippen molar-refractivity contribution in [1.82, 2.24) is 0 Å². The van der Waals surface area contributed by atoms with Crippen molar-refractivity contribution in [2.75, 3.05) is 0 Å². The van der Waals surface area contributed by atoms with E-state index >= 15 is 0 Å². The fraction of sp³-hybridized carbons (Fsp3) is 1.00. The molecule has 0 spiro atoms. The van der Waals surface area contributed by atoms with Crippen LogP contribution in [0.4, 0.5) is 0 Å². The highest BCUT2D eigenvalue weighted by Gasteiger charge is 2.48. The summed E-state index contributed by atoms with van der Waals surface area (Å²) in [7, 11) is 0. The lowest BCUT2D eigenvalue weighted by atomic mass is 9.51. The van der Waals surface area contributed by atoms with E-state index in [1.165, 1.54) is 17.8 Å². The highest BCUT2D eigenvalue weighted by molar-refractivity contribution is 4.98. The lowest BCUT2D eigenvalue weighted by Gasteiger charge is -2.55. The molecule has 0 saturated heterocycles. The van der Waals surface area contributed by atoms with Crippen molar-refractivity contribution in [1.29, 1.82) is 0 Å². The Bertz CT molecular complexity index is 266. The minimum absolute atomic E-state index is 1.15. The first-order chi connectivity index (χ1) is 8.93. The van der Waals surface area contributed by atoms with Gasteiger partial charge in [0.15, 0.2) is 0 Å². The van der Waals surface area contributed by atoms with Gasteiger partial charge in [-0.05, 0) is 74.0 Å². The molecule has 4 fully saturated rings. The van der Waals surface area contributed by atoms with E-state index in [4.69, 9.17) is 0 Å². The summed E-state index contributed by atoms with van der Waals surface area (Å²) in [5.74, 6) is 6.99. The van der Waals surface area contributed by atoms with E-state index in [1.54, 1.807) is 77.0 Å². The average Bonchev–Trinajstić information content (AvgIpc) is 2.46. The summed E-state index contributed by atoms with van der Waals surface area (Å²) < 4.78 is 0. The van der Waals surface area contributed by atoms with Crippen LogP contribution in [-0.2, 0) is 0 Å². The molecule has 0 bridgehead atoms. The molecule has 0 N–H and O–H groups in total. The van der Waals surface area contributed by atoms with Crippen molar-refractivity contribution >= 4 is 0 Å². The Morgan fingerprint density at radius 3 is 1.39 bits per heavy atom. The van der Waals surface area contributed by atoms with Gasteiger partial charge in [0, 0.05) is 0 Å². The van der Waals surface area contributed by atoms with Crippen molar-refractivity contribution in [2.45, 2.75) is 77.0 Å². The first kappa shape index (κ1) is 11.8. The van der Waals surface area contributed by atoms with Crippen LogP contribution in [0.25, 0.3) is 0 Å². The largest absolute Gasteiger partial charge is 0.0530 e. The molecule has 0 heteroatoms. The van der Waals surface area contributed by atoms with Gasteiger partial charge in [-0.25, -0.2) is 0 Å². The summed E-state index contributed by atoms with van der Waals surface area (Å²) in [6.07, 6.45) is 19.0. The molecule has 4 aliphatic carbocycles. The third kappa shape index (κ3) is 1.86. The summed E-state index contributed by atoms with van der Waals surface area (Å²) in [5, 5.41) is 0.